The van der Waals surface area contributed by atoms with Crippen molar-refractivity contribution in [2.24, 2.45) is 0 Å². The lowest BCUT2D eigenvalue weighted by molar-refractivity contribution is -0.375. The standard InChI is InChI=1S/C26H36O17/c27-7-15-19(34)20(35)21(36)26(40-15)43-23-22(41-17(33)4-2-10-1-3-11(29)12(30)5-10)16(8-28)39-25(37)24(23)42-18-6-13(31)14(32)9-38-18/h1-5,13-16,18-32,34-37H,6-9H2/b4-2+/t13-,14+,15-,16-,18+,19-,20+,21-,22-,23+,24-,25-,26+/m1/s1. The number of rotatable bonds is 9. The SMILES string of the molecule is O=C(/C=C/c1ccc(O)c(O)c1)O[C@H]1[C@H](O[C@@H]2O[C@H](CO)[C@@H](O)[C@H](O)[C@H]2O)[C@@H](O[C@H]2C[C@@H](O)[C@@H](O)CO2)[C@H](O)O[C@@H]1CO. The van der Waals surface area contributed by atoms with Crippen LogP contribution in [-0.4, -0.2) is 157 Å². The average Bonchev–Trinajstić information content (AvgIpc) is 2.98. The van der Waals surface area contributed by atoms with Gasteiger partial charge in [0, 0.05) is 12.5 Å². The molecule has 3 heterocycles. The molecule has 17 nitrogen and oxygen atoms in total. The molecular weight excluding hydrogens is 584 g/mol. The summed E-state index contributed by atoms with van der Waals surface area (Å²) in [5.74, 6) is -1.86. The van der Waals surface area contributed by atoms with Crippen LogP contribution in [0.15, 0.2) is 24.3 Å². The van der Waals surface area contributed by atoms with Crippen LogP contribution in [0, 0.1) is 0 Å². The number of aliphatic hydroxyl groups excluding tert-OH is 8. The largest absolute Gasteiger partial charge is 0.504 e. The third-order valence-corrected chi connectivity index (χ3v) is 7.23. The number of esters is 1. The van der Waals surface area contributed by atoms with Crippen LogP contribution in [0.2, 0.25) is 0 Å². The van der Waals surface area contributed by atoms with Crippen LogP contribution in [-0.2, 0) is 33.2 Å². The van der Waals surface area contributed by atoms with Crippen LogP contribution >= 0.6 is 0 Å². The Bertz CT molecular complexity index is 1100. The summed E-state index contributed by atoms with van der Waals surface area (Å²) in [4.78, 5) is 12.9. The van der Waals surface area contributed by atoms with E-state index in [1.54, 1.807) is 0 Å². The summed E-state index contributed by atoms with van der Waals surface area (Å²) in [6, 6.07) is 3.74. The number of ether oxygens (including phenoxy) is 6. The Morgan fingerprint density at radius 1 is 0.837 bits per heavy atom. The Balaban J connectivity index is 1.61. The van der Waals surface area contributed by atoms with E-state index in [1.165, 1.54) is 24.3 Å². The molecule has 13 atom stereocenters. The van der Waals surface area contributed by atoms with E-state index in [-0.39, 0.29) is 18.8 Å². The second-order valence-electron chi connectivity index (χ2n) is 10.3. The number of aromatic hydroxyl groups is 2. The van der Waals surface area contributed by atoms with Gasteiger partial charge in [-0.1, -0.05) is 6.07 Å². The van der Waals surface area contributed by atoms with Crippen LogP contribution in [0.4, 0.5) is 0 Å². The van der Waals surface area contributed by atoms with Gasteiger partial charge < -0.3 is 79.5 Å². The van der Waals surface area contributed by atoms with Crippen LogP contribution in [0.25, 0.3) is 6.08 Å². The molecule has 1 aromatic carbocycles. The topological polar surface area (TPSA) is 275 Å². The zero-order chi connectivity index (χ0) is 31.4. The first-order valence-electron chi connectivity index (χ1n) is 13.4. The highest BCUT2D eigenvalue weighted by Crippen LogP contribution is 2.33. The quantitative estimate of drug-likeness (QED) is 0.0711. The summed E-state index contributed by atoms with van der Waals surface area (Å²) < 4.78 is 33.3. The third-order valence-electron chi connectivity index (χ3n) is 7.23. The van der Waals surface area contributed by atoms with Gasteiger partial charge in [0.15, 0.2) is 36.5 Å². The van der Waals surface area contributed by atoms with Gasteiger partial charge in [0.2, 0.25) is 0 Å². The van der Waals surface area contributed by atoms with E-state index in [0.717, 1.165) is 6.08 Å². The fraction of sp³-hybridized carbons (Fsp3) is 0.654. The summed E-state index contributed by atoms with van der Waals surface area (Å²) in [5.41, 5.74) is 0.298. The number of hydrogen-bond donors (Lipinski definition) is 10. The second-order valence-corrected chi connectivity index (χ2v) is 10.3. The lowest BCUT2D eigenvalue weighted by Crippen LogP contribution is -2.66. The average molecular weight is 621 g/mol. The fourth-order valence-corrected chi connectivity index (χ4v) is 4.81. The third kappa shape index (κ3) is 7.78. The Morgan fingerprint density at radius 3 is 2.21 bits per heavy atom. The maximum absolute atomic E-state index is 12.9. The van der Waals surface area contributed by atoms with E-state index in [9.17, 15) is 55.9 Å². The van der Waals surface area contributed by atoms with Gasteiger partial charge >= 0.3 is 5.97 Å². The molecule has 0 aliphatic carbocycles. The van der Waals surface area contributed by atoms with E-state index in [4.69, 9.17) is 28.4 Å². The molecule has 4 rings (SSSR count). The van der Waals surface area contributed by atoms with Gasteiger partial charge in [0.25, 0.3) is 0 Å². The van der Waals surface area contributed by atoms with Crippen molar-refractivity contribution in [1.82, 2.24) is 0 Å². The fourth-order valence-electron chi connectivity index (χ4n) is 4.81. The Hall–Kier alpha value is -2.49. The molecule has 3 aliphatic rings. The molecule has 43 heavy (non-hydrogen) atoms. The molecule has 0 unspecified atom stereocenters. The van der Waals surface area contributed by atoms with Gasteiger partial charge in [-0.25, -0.2) is 4.79 Å². The molecule has 0 bridgehead atoms. The first-order chi connectivity index (χ1) is 20.4. The highest BCUT2D eigenvalue weighted by Gasteiger charge is 2.53. The van der Waals surface area contributed by atoms with Crippen molar-refractivity contribution in [3.05, 3.63) is 29.8 Å². The molecule has 0 radical (unpaired) electrons. The normalized spacial score (nSPS) is 40.4. The van der Waals surface area contributed by atoms with E-state index >= 15 is 0 Å². The Labute approximate surface area is 244 Å². The second kappa shape index (κ2) is 14.5. The molecule has 10 N–H and O–H groups in total. The molecule has 242 valence electrons. The molecule has 3 fully saturated rings. The van der Waals surface area contributed by atoms with E-state index < -0.39 is 105 Å². The van der Waals surface area contributed by atoms with E-state index in [0.29, 0.717) is 5.56 Å². The molecule has 0 amide bonds. The van der Waals surface area contributed by atoms with Crippen LogP contribution in [0.5, 0.6) is 11.5 Å². The monoisotopic (exact) mass is 620 g/mol. The maximum atomic E-state index is 12.9. The lowest BCUT2D eigenvalue weighted by atomic mass is 9.96. The molecule has 0 spiro atoms. The first kappa shape index (κ1) is 33.4. The number of phenols is 2. The minimum atomic E-state index is -1.91. The summed E-state index contributed by atoms with van der Waals surface area (Å²) >= 11 is 0. The molecule has 1 aromatic rings. The molecule has 0 saturated carbocycles. The van der Waals surface area contributed by atoms with Crippen molar-refractivity contribution < 1.29 is 84.3 Å². The highest BCUT2D eigenvalue weighted by molar-refractivity contribution is 5.87. The van der Waals surface area contributed by atoms with Crippen LogP contribution in [0.3, 0.4) is 0 Å². The minimum absolute atomic E-state index is 0.257. The maximum Gasteiger partial charge on any atom is 0.331 e. The van der Waals surface area contributed by atoms with Crippen LogP contribution < -0.4 is 0 Å². The van der Waals surface area contributed by atoms with Gasteiger partial charge in [-0.05, 0) is 23.8 Å². The Kier molecular flexibility index (Phi) is 11.3. The van der Waals surface area contributed by atoms with Gasteiger partial charge in [-0.15, -0.1) is 0 Å². The predicted octanol–water partition coefficient (Wildman–Crippen LogP) is -4.23. The summed E-state index contributed by atoms with van der Waals surface area (Å²) in [5, 5.41) is 100. The van der Waals surface area contributed by atoms with Crippen molar-refractivity contribution in [3.63, 3.8) is 0 Å². The lowest BCUT2D eigenvalue weighted by Gasteiger charge is -2.47. The van der Waals surface area contributed by atoms with Crippen molar-refractivity contribution >= 4 is 12.0 Å². The predicted molar refractivity (Wildman–Crippen MR) is 137 cm³/mol. The van der Waals surface area contributed by atoms with E-state index in [1.807, 2.05) is 0 Å². The Morgan fingerprint density at radius 2 is 1.56 bits per heavy atom. The number of hydrogen-bond acceptors (Lipinski definition) is 17. The summed E-state index contributed by atoms with van der Waals surface area (Å²) in [6.07, 6.45) is -18.7. The zero-order valence-electron chi connectivity index (χ0n) is 22.6. The first-order valence-corrected chi connectivity index (χ1v) is 13.4. The van der Waals surface area contributed by atoms with Crippen LogP contribution in [0.1, 0.15) is 12.0 Å². The molecule has 17 heteroatoms. The van der Waals surface area contributed by atoms with Gasteiger partial charge in [-0.2, -0.15) is 0 Å². The summed E-state index contributed by atoms with van der Waals surface area (Å²) in [7, 11) is 0. The van der Waals surface area contributed by atoms with Crippen molar-refractivity contribution in [2.75, 3.05) is 19.8 Å². The highest BCUT2D eigenvalue weighted by atomic mass is 16.8. The van der Waals surface area contributed by atoms with Gasteiger partial charge in [0.1, 0.15) is 48.8 Å². The molecule has 0 aromatic heterocycles. The number of carbonyl (C=O) groups excluding carboxylic acids is 1. The van der Waals surface area contributed by atoms with Gasteiger partial charge in [-0.3, -0.25) is 0 Å². The number of aliphatic hydroxyl groups is 8. The summed E-state index contributed by atoms with van der Waals surface area (Å²) in [6.45, 7) is -1.94. The number of carbonyl (C=O) groups is 1. The minimum Gasteiger partial charge on any atom is -0.504 e. The van der Waals surface area contributed by atoms with Crippen molar-refractivity contribution in [1.29, 1.82) is 0 Å². The zero-order valence-corrected chi connectivity index (χ0v) is 22.6. The smallest absolute Gasteiger partial charge is 0.331 e. The molecule has 3 saturated heterocycles. The number of phenolic OH excluding ortho intramolecular Hbond substituents is 2. The van der Waals surface area contributed by atoms with Crippen molar-refractivity contribution in [2.45, 2.75) is 86.3 Å². The van der Waals surface area contributed by atoms with Gasteiger partial charge in [0.05, 0.1) is 25.9 Å². The molecular formula is C26H36O17. The van der Waals surface area contributed by atoms with Crippen molar-refractivity contribution in [3.8, 4) is 11.5 Å². The van der Waals surface area contributed by atoms with E-state index in [2.05, 4.69) is 0 Å². The number of benzene rings is 1. The molecule has 3 aliphatic heterocycles.